The number of benzene rings is 1. The van der Waals surface area contributed by atoms with Crippen LogP contribution in [0, 0.1) is 11.8 Å². The maximum Gasteiger partial charge on any atom is 0.223 e. The first-order valence-corrected chi connectivity index (χ1v) is 8.22. The first-order chi connectivity index (χ1) is 10.2. The maximum atomic E-state index is 12.3. The van der Waals surface area contributed by atoms with Crippen LogP contribution in [-0.4, -0.2) is 23.7 Å². The second kappa shape index (κ2) is 6.37. The predicted molar refractivity (Wildman–Crippen MR) is 83.3 cm³/mol. The molecule has 4 heteroatoms. The van der Waals surface area contributed by atoms with Crippen molar-refractivity contribution < 1.29 is 9.90 Å². The molecule has 114 valence electrons. The number of rotatable bonds is 4. The number of hydrogen-bond acceptors (Lipinski definition) is 2. The zero-order valence-electron chi connectivity index (χ0n) is 12.1. The van der Waals surface area contributed by atoms with Crippen molar-refractivity contribution >= 4 is 17.5 Å². The van der Waals surface area contributed by atoms with Crippen LogP contribution >= 0.6 is 11.6 Å². The van der Waals surface area contributed by atoms with E-state index in [1.807, 2.05) is 18.2 Å². The van der Waals surface area contributed by atoms with E-state index >= 15 is 0 Å². The molecular weight excluding hydrogens is 286 g/mol. The summed E-state index contributed by atoms with van der Waals surface area (Å²) in [5.74, 6) is 1.06. The zero-order valence-corrected chi connectivity index (χ0v) is 12.9. The summed E-state index contributed by atoms with van der Waals surface area (Å²) in [6, 6.07) is 8.12. The third kappa shape index (κ3) is 3.58. The molecule has 1 amide bonds. The van der Waals surface area contributed by atoms with Crippen molar-refractivity contribution in [2.75, 3.05) is 6.61 Å². The van der Waals surface area contributed by atoms with Gasteiger partial charge in [0.05, 0.1) is 0 Å². The van der Waals surface area contributed by atoms with Crippen molar-refractivity contribution in [1.29, 1.82) is 0 Å². The quantitative estimate of drug-likeness (QED) is 0.898. The molecule has 3 nitrogen and oxygen atoms in total. The maximum absolute atomic E-state index is 12.3. The fraction of sp³-hybridized carbons (Fsp3) is 0.588. The lowest BCUT2D eigenvalue weighted by Crippen LogP contribution is -2.39. The number of aliphatic hydroxyl groups is 1. The van der Waals surface area contributed by atoms with Crippen LogP contribution in [0.2, 0.25) is 5.02 Å². The van der Waals surface area contributed by atoms with Crippen LogP contribution in [0.15, 0.2) is 24.3 Å². The fourth-order valence-electron chi connectivity index (χ4n) is 3.39. The zero-order chi connectivity index (χ0) is 14.8. The molecule has 2 aliphatic rings. The summed E-state index contributed by atoms with van der Waals surface area (Å²) >= 11 is 6.01. The highest BCUT2D eigenvalue weighted by Crippen LogP contribution is 2.48. The lowest BCUT2D eigenvalue weighted by Gasteiger charge is -2.28. The van der Waals surface area contributed by atoms with Crippen molar-refractivity contribution in [3.8, 4) is 0 Å². The number of hydrogen-bond donors (Lipinski definition) is 2. The van der Waals surface area contributed by atoms with Gasteiger partial charge in [0.2, 0.25) is 5.91 Å². The molecule has 1 aromatic rings. The van der Waals surface area contributed by atoms with Gasteiger partial charge in [0.1, 0.15) is 0 Å². The van der Waals surface area contributed by atoms with Gasteiger partial charge in [-0.05, 0) is 61.6 Å². The van der Waals surface area contributed by atoms with E-state index in [2.05, 4.69) is 11.4 Å². The van der Waals surface area contributed by atoms with E-state index in [1.54, 1.807) is 0 Å². The normalized spacial score (nSPS) is 31.7. The van der Waals surface area contributed by atoms with Crippen molar-refractivity contribution in [2.45, 2.75) is 44.1 Å². The summed E-state index contributed by atoms with van der Waals surface area (Å²) in [7, 11) is 0. The monoisotopic (exact) mass is 307 g/mol. The third-order valence-corrected chi connectivity index (χ3v) is 5.09. The lowest BCUT2D eigenvalue weighted by atomic mass is 9.86. The van der Waals surface area contributed by atoms with Gasteiger partial charge < -0.3 is 10.4 Å². The van der Waals surface area contributed by atoms with Crippen LogP contribution in [0.1, 0.15) is 43.6 Å². The van der Waals surface area contributed by atoms with Gasteiger partial charge in [-0.3, -0.25) is 4.79 Å². The summed E-state index contributed by atoms with van der Waals surface area (Å²) in [6.45, 7) is 0.278. The van der Waals surface area contributed by atoms with E-state index in [9.17, 15) is 4.79 Å². The Morgan fingerprint density at radius 2 is 2.05 bits per heavy atom. The first-order valence-electron chi connectivity index (χ1n) is 7.84. The number of amides is 1. The summed E-state index contributed by atoms with van der Waals surface area (Å²) < 4.78 is 0. The molecule has 2 N–H and O–H groups in total. The van der Waals surface area contributed by atoms with Gasteiger partial charge in [-0.2, -0.15) is 0 Å². The van der Waals surface area contributed by atoms with E-state index in [4.69, 9.17) is 16.7 Å². The lowest BCUT2D eigenvalue weighted by molar-refractivity contribution is -0.123. The first kappa shape index (κ1) is 14.9. The van der Waals surface area contributed by atoms with Crippen LogP contribution in [0.4, 0.5) is 0 Å². The van der Waals surface area contributed by atoms with Gasteiger partial charge >= 0.3 is 0 Å². The number of carbonyl (C=O) groups is 1. The molecule has 0 heterocycles. The van der Waals surface area contributed by atoms with Gasteiger partial charge in [-0.25, -0.2) is 0 Å². The van der Waals surface area contributed by atoms with Crippen molar-refractivity contribution in [3.63, 3.8) is 0 Å². The summed E-state index contributed by atoms with van der Waals surface area (Å²) in [6.07, 6.45) is 4.95. The van der Waals surface area contributed by atoms with Gasteiger partial charge in [0.25, 0.3) is 0 Å². The number of halogens is 1. The van der Waals surface area contributed by atoms with Crippen molar-refractivity contribution in [3.05, 3.63) is 34.9 Å². The van der Waals surface area contributed by atoms with Crippen LogP contribution in [0.3, 0.4) is 0 Å². The molecule has 0 aliphatic heterocycles. The Balaban J connectivity index is 1.49. The molecule has 2 atom stereocenters. The summed E-state index contributed by atoms with van der Waals surface area (Å²) in [5, 5.41) is 13.1. The molecule has 21 heavy (non-hydrogen) atoms. The van der Waals surface area contributed by atoms with E-state index in [1.165, 1.54) is 5.56 Å². The Bertz CT molecular complexity index is 511. The third-order valence-electron chi connectivity index (χ3n) is 4.86. The number of carbonyl (C=O) groups excluding carboxylic acids is 1. The van der Waals surface area contributed by atoms with Gasteiger partial charge in [0, 0.05) is 23.6 Å². The number of nitrogens with one attached hydrogen (secondary N) is 1. The average molecular weight is 308 g/mol. The molecule has 1 aromatic carbocycles. The van der Waals surface area contributed by atoms with Crippen LogP contribution < -0.4 is 5.32 Å². The molecule has 3 rings (SSSR count). The molecule has 0 saturated heterocycles. The van der Waals surface area contributed by atoms with Gasteiger partial charge in [-0.15, -0.1) is 0 Å². The van der Waals surface area contributed by atoms with Crippen LogP contribution in [0.25, 0.3) is 0 Å². The molecule has 2 unspecified atom stereocenters. The molecular formula is C17H22ClNO2. The Hall–Kier alpha value is -1.06. The average Bonchev–Trinajstić information content (AvgIpc) is 3.29. The Kier molecular flexibility index (Phi) is 4.51. The number of aliphatic hydroxyl groups excluding tert-OH is 1. The highest BCUT2D eigenvalue weighted by Gasteiger charge is 2.44. The summed E-state index contributed by atoms with van der Waals surface area (Å²) in [5.41, 5.74) is 1.17. The van der Waals surface area contributed by atoms with E-state index < -0.39 is 0 Å². The van der Waals surface area contributed by atoms with E-state index in [-0.39, 0.29) is 18.4 Å². The molecule has 2 aliphatic carbocycles. The van der Waals surface area contributed by atoms with Gasteiger partial charge in [-0.1, -0.05) is 23.7 Å². The molecule has 2 fully saturated rings. The minimum absolute atomic E-state index is 0.110. The second-order valence-electron chi connectivity index (χ2n) is 6.41. The standard InChI is InChI=1S/C17H22ClNO2/c18-13-3-1-2-12(8-13)15-9-16(15)17(21)19-14-6-4-11(10-20)5-7-14/h1-3,8,11,14-16,20H,4-7,9-10H2,(H,19,21). The highest BCUT2D eigenvalue weighted by atomic mass is 35.5. The van der Waals surface area contributed by atoms with Crippen molar-refractivity contribution in [2.24, 2.45) is 11.8 Å². The Morgan fingerprint density at radius 3 is 2.71 bits per heavy atom. The minimum atomic E-state index is 0.110. The fourth-order valence-corrected chi connectivity index (χ4v) is 3.59. The topological polar surface area (TPSA) is 49.3 Å². The molecule has 0 radical (unpaired) electrons. The van der Waals surface area contributed by atoms with Crippen molar-refractivity contribution in [1.82, 2.24) is 5.32 Å². The summed E-state index contributed by atoms with van der Waals surface area (Å²) in [4.78, 5) is 12.3. The molecule has 0 aromatic heterocycles. The second-order valence-corrected chi connectivity index (χ2v) is 6.85. The Labute approximate surface area is 130 Å². The minimum Gasteiger partial charge on any atom is -0.396 e. The largest absolute Gasteiger partial charge is 0.396 e. The SMILES string of the molecule is O=C(NC1CCC(CO)CC1)C1CC1c1cccc(Cl)c1. The Morgan fingerprint density at radius 1 is 1.29 bits per heavy atom. The van der Waals surface area contributed by atoms with Crippen LogP contribution in [-0.2, 0) is 4.79 Å². The van der Waals surface area contributed by atoms with Gasteiger partial charge in [0.15, 0.2) is 0 Å². The predicted octanol–water partition coefficient (Wildman–Crippen LogP) is 3.11. The van der Waals surface area contributed by atoms with Crippen LogP contribution in [0.5, 0.6) is 0 Å². The van der Waals surface area contributed by atoms with E-state index in [0.29, 0.717) is 17.9 Å². The smallest absolute Gasteiger partial charge is 0.223 e. The molecule has 0 spiro atoms. The molecule has 0 bridgehead atoms. The van der Waals surface area contributed by atoms with E-state index in [0.717, 1.165) is 37.1 Å². The highest BCUT2D eigenvalue weighted by molar-refractivity contribution is 6.30. The molecule has 2 saturated carbocycles.